The lowest BCUT2D eigenvalue weighted by atomic mass is 10.0. The van der Waals surface area contributed by atoms with Crippen LogP contribution in [0.15, 0.2) is 30.6 Å². The Labute approximate surface area is 224 Å². The first kappa shape index (κ1) is 26.0. The van der Waals surface area contributed by atoms with Crippen LogP contribution >= 0.6 is 0 Å². The lowest BCUT2D eigenvalue weighted by molar-refractivity contribution is -0.137. The van der Waals surface area contributed by atoms with Crippen LogP contribution in [0.1, 0.15) is 50.1 Å². The van der Waals surface area contributed by atoms with Crippen molar-refractivity contribution in [2.75, 3.05) is 24.6 Å². The molecular formula is C27H33F3N8O. The second kappa shape index (κ2) is 10.1. The number of aryl methyl sites for hydroxylation is 1. The number of benzene rings is 1. The number of nitrogens with zero attached hydrogens (tertiary/aromatic N) is 8. The van der Waals surface area contributed by atoms with Gasteiger partial charge in [0, 0.05) is 38.3 Å². The van der Waals surface area contributed by atoms with Gasteiger partial charge in [-0.25, -0.2) is 9.38 Å². The van der Waals surface area contributed by atoms with Gasteiger partial charge in [0.2, 0.25) is 0 Å². The minimum Gasteiger partial charge on any atom is -0.376 e. The van der Waals surface area contributed by atoms with E-state index >= 15 is 0 Å². The number of hydrogen-bond acceptors (Lipinski definition) is 7. The number of fused-ring (bicyclic) bond motifs is 3. The molecule has 2 saturated heterocycles. The van der Waals surface area contributed by atoms with Gasteiger partial charge in [-0.3, -0.25) is 4.90 Å². The van der Waals surface area contributed by atoms with Crippen LogP contribution in [0.2, 0.25) is 0 Å². The Bertz CT molecular complexity index is 1460. The zero-order valence-corrected chi connectivity index (χ0v) is 22.4. The van der Waals surface area contributed by atoms with Gasteiger partial charge in [0.1, 0.15) is 17.7 Å². The van der Waals surface area contributed by atoms with E-state index in [0.29, 0.717) is 18.9 Å². The van der Waals surface area contributed by atoms with Gasteiger partial charge in [0.25, 0.3) is 5.78 Å². The molecule has 0 bridgehead atoms. The Morgan fingerprint density at radius 1 is 1.10 bits per heavy atom. The summed E-state index contributed by atoms with van der Waals surface area (Å²) in [7, 11) is 0. The molecule has 1 aromatic carbocycles. The molecule has 0 saturated carbocycles. The van der Waals surface area contributed by atoms with Crippen molar-refractivity contribution in [1.82, 2.24) is 34.0 Å². The van der Waals surface area contributed by atoms with E-state index in [1.165, 1.54) is 12.1 Å². The molecule has 0 N–H and O–H groups in total. The number of anilines is 1. The molecule has 39 heavy (non-hydrogen) atoms. The van der Waals surface area contributed by atoms with Gasteiger partial charge in [0.15, 0.2) is 11.5 Å². The van der Waals surface area contributed by atoms with Gasteiger partial charge in [-0.2, -0.15) is 18.2 Å². The molecule has 2 aliphatic rings. The minimum absolute atomic E-state index is 0.104. The second-order valence-electron chi connectivity index (χ2n) is 10.7. The largest absolute Gasteiger partial charge is 0.416 e. The summed E-state index contributed by atoms with van der Waals surface area (Å²) in [6.45, 7) is 9.88. The highest BCUT2D eigenvalue weighted by Gasteiger charge is 2.35. The van der Waals surface area contributed by atoms with Crippen LogP contribution < -0.4 is 4.90 Å². The topological polar surface area (TPSA) is 76.6 Å². The van der Waals surface area contributed by atoms with Crippen molar-refractivity contribution >= 4 is 22.8 Å². The number of halogens is 3. The maximum absolute atomic E-state index is 13.0. The molecule has 2 aliphatic heterocycles. The predicted molar refractivity (Wildman–Crippen MR) is 141 cm³/mol. The third kappa shape index (κ3) is 4.84. The smallest absolute Gasteiger partial charge is 0.376 e. The lowest BCUT2D eigenvalue weighted by Gasteiger charge is -2.45. The highest BCUT2D eigenvalue weighted by Crippen LogP contribution is 2.33. The van der Waals surface area contributed by atoms with Crippen molar-refractivity contribution in [3.63, 3.8) is 0 Å². The fourth-order valence-electron chi connectivity index (χ4n) is 5.98. The summed E-state index contributed by atoms with van der Waals surface area (Å²) in [6.07, 6.45) is 0.496. The van der Waals surface area contributed by atoms with Crippen molar-refractivity contribution in [3.05, 3.63) is 47.5 Å². The quantitative estimate of drug-likeness (QED) is 0.356. The number of alkyl halides is 3. The number of rotatable bonds is 6. The maximum atomic E-state index is 13.0. The molecule has 9 nitrogen and oxygen atoms in total. The number of piperazine rings is 1. The Morgan fingerprint density at radius 3 is 2.59 bits per heavy atom. The number of hydrogen-bond donors (Lipinski definition) is 0. The highest BCUT2D eigenvalue weighted by molar-refractivity contribution is 5.87. The summed E-state index contributed by atoms with van der Waals surface area (Å²) in [5.41, 5.74) is 1.98. The first-order valence-electron chi connectivity index (χ1n) is 13.6. The van der Waals surface area contributed by atoms with Crippen LogP contribution in [0.3, 0.4) is 0 Å². The molecule has 0 unspecified atom stereocenters. The van der Waals surface area contributed by atoms with E-state index in [4.69, 9.17) is 14.7 Å². The van der Waals surface area contributed by atoms with Gasteiger partial charge < -0.3 is 14.2 Å². The Kier molecular flexibility index (Phi) is 6.70. The van der Waals surface area contributed by atoms with Gasteiger partial charge in [-0.15, -0.1) is 10.2 Å². The molecule has 5 heterocycles. The summed E-state index contributed by atoms with van der Waals surface area (Å²) < 4.78 is 49.1. The summed E-state index contributed by atoms with van der Waals surface area (Å²) >= 11 is 0. The van der Waals surface area contributed by atoms with Crippen LogP contribution in [-0.4, -0.2) is 71.9 Å². The molecule has 3 aromatic heterocycles. The monoisotopic (exact) mass is 542 g/mol. The predicted octanol–water partition coefficient (Wildman–Crippen LogP) is 4.47. The summed E-state index contributed by atoms with van der Waals surface area (Å²) in [5.74, 6) is 2.21. The number of aromatic nitrogens is 6. The molecule has 12 heteroatoms. The van der Waals surface area contributed by atoms with Crippen LogP contribution in [0, 0.1) is 6.92 Å². The summed E-state index contributed by atoms with van der Waals surface area (Å²) in [6, 6.07) is 5.80. The molecular weight excluding hydrogens is 509 g/mol. The van der Waals surface area contributed by atoms with Crippen molar-refractivity contribution in [1.29, 1.82) is 0 Å². The van der Waals surface area contributed by atoms with E-state index in [1.807, 2.05) is 11.3 Å². The zero-order valence-electron chi connectivity index (χ0n) is 22.4. The molecule has 2 fully saturated rings. The Balaban J connectivity index is 1.31. The van der Waals surface area contributed by atoms with E-state index < -0.39 is 11.7 Å². The number of imidazole rings is 1. The van der Waals surface area contributed by atoms with E-state index in [9.17, 15) is 13.2 Å². The molecule has 6 rings (SSSR count). The molecule has 3 atom stereocenters. The average molecular weight is 543 g/mol. The third-order valence-corrected chi connectivity index (χ3v) is 8.08. The Morgan fingerprint density at radius 2 is 1.90 bits per heavy atom. The summed E-state index contributed by atoms with van der Waals surface area (Å²) in [5, 5.41) is 8.41. The third-order valence-electron chi connectivity index (χ3n) is 8.08. The van der Waals surface area contributed by atoms with Crippen LogP contribution in [0.25, 0.3) is 16.9 Å². The van der Waals surface area contributed by atoms with Gasteiger partial charge in [0.05, 0.1) is 18.2 Å². The summed E-state index contributed by atoms with van der Waals surface area (Å²) in [4.78, 5) is 14.6. The van der Waals surface area contributed by atoms with Crippen molar-refractivity contribution < 1.29 is 17.9 Å². The van der Waals surface area contributed by atoms with E-state index in [1.54, 1.807) is 18.5 Å². The standard InChI is InChI=1S/C27H33F3N8O/c1-4-21-14-36(17(2)12-35(21)13-19-7-9-20(10-8-19)27(28,29)30)24-23-25(38-16-31-34-26(38)33-24)37(18(3)32-23)15-22-6-5-11-39-22/h7-10,16-17,21-22H,4-6,11-15H2,1-3H3/t17-,21+,22-/m0/s1. The van der Waals surface area contributed by atoms with E-state index in [0.717, 1.165) is 67.3 Å². The Hall–Kier alpha value is -3.25. The first-order chi connectivity index (χ1) is 18.7. The normalized spacial score (nSPS) is 22.9. The molecule has 0 radical (unpaired) electrons. The maximum Gasteiger partial charge on any atom is 0.416 e. The highest BCUT2D eigenvalue weighted by atomic mass is 19.4. The SMILES string of the molecule is CC[C@@H]1CN(c2nc3nncn3c3c2nc(C)n3C[C@@H]2CCCO2)[C@@H](C)CN1Cc1ccc(C(F)(F)F)cc1. The van der Waals surface area contributed by atoms with E-state index in [-0.39, 0.29) is 18.2 Å². The molecule has 208 valence electrons. The average Bonchev–Trinajstić information content (AvgIpc) is 3.65. The second-order valence-corrected chi connectivity index (χ2v) is 10.7. The van der Waals surface area contributed by atoms with Gasteiger partial charge >= 0.3 is 6.18 Å². The van der Waals surface area contributed by atoms with Crippen molar-refractivity contribution in [3.8, 4) is 0 Å². The van der Waals surface area contributed by atoms with Crippen LogP contribution in [0.5, 0.6) is 0 Å². The molecule has 0 amide bonds. The van der Waals surface area contributed by atoms with Gasteiger partial charge in [-0.1, -0.05) is 19.1 Å². The first-order valence-corrected chi connectivity index (χ1v) is 13.6. The van der Waals surface area contributed by atoms with Gasteiger partial charge in [-0.05, 0) is 50.8 Å². The lowest BCUT2D eigenvalue weighted by Crippen LogP contribution is -2.57. The van der Waals surface area contributed by atoms with Crippen LogP contribution in [-0.2, 0) is 24.0 Å². The number of ether oxygens (including phenoxy) is 1. The zero-order chi connectivity index (χ0) is 27.3. The fourth-order valence-corrected chi connectivity index (χ4v) is 5.98. The minimum atomic E-state index is -4.33. The van der Waals surface area contributed by atoms with Crippen molar-refractivity contribution in [2.24, 2.45) is 0 Å². The molecule has 4 aromatic rings. The van der Waals surface area contributed by atoms with E-state index in [2.05, 4.69) is 38.4 Å². The van der Waals surface area contributed by atoms with Crippen LogP contribution in [0.4, 0.5) is 19.0 Å². The molecule has 0 spiro atoms. The molecule has 0 aliphatic carbocycles. The fraction of sp³-hybridized carbons (Fsp3) is 0.556. The van der Waals surface area contributed by atoms with Crippen molar-refractivity contribution in [2.45, 2.75) is 77.5 Å².